The van der Waals surface area contributed by atoms with E-state index < -0.39 is 5.92 Å². The molecule has 1 aliphatic rings. The molecular weight excluding hydrogens is 396 g/mol. The van der Waals surface area contributed by atoms with Crippen LogP contribution in [0.5, 0.6) is 17.2 Å². The molecule has 2 aromatic rings. The second-order valence-electron chi connectivity index (χ2n) is 6.36. The molecular formula is C19H20N4O5S. The molecule has 1 aliphatic heterocycles. The van der Waals surface area contributed by atoms with Crippen LogP contribution in [0.3, 0.4) is 0 Å². The molecule has 3 rings (SSSR count). The molecule has 9 nitrogen and oxygen atoms in total. The third-order valence-electron chi connectivity index (χ3n) is 4.67. The third-order valence-corrected chi connectivity index (χ3v) is 5.52. The summed E-state index contributed by atoms with van der Waals surface area (Å²) < 4.78 is 20.1. The van der Waals surface area contributed by atoms with Crippen LogP contribution in [0.15, 0.2) is 12.1 Å². The molecule has 1 fully saturated rings. The summed E-state index contributed by atoms with van der Waals surface area (Å²) in [6.07, 6.45) is 0.0577. The summed E-state index contributed by atoms with van der Waals surface area (Å²) in [6, 6.07) is 5.37. The van der Waals surface area contributed by atoms with E-state index in [2.05, 4.69) is 9.69 Å². The Hall–Kier alpha value is -3.32. The van der Waals surface area contributed by atoms with Gasteiger partial charge in [0, 0.05) is 25.1 Å². The number of nitrogens with one attached hydrogen (secondary N) is 1. The zero-order valence-corrected chi connectivity index (χ0v) is 17.3. The Morgan fingerprint density at radius 1 is 1.28 bits per heavy atom. The number of aryl methyl sites for hydroxylation is 1. The van der Waals surface area contributed by atoms with Crippen molar-refractivity contribution in [3.8, 4) is 23.3 Å². The highest BCUT2D eigenvalue weighted by Gasteiger charge is 2.36. The van der Waals surface area contributed by atoms with E-state index in [1.165, 1.54) is 26.2 Å². The van der Waals surface area contributed by atoms with E-state index >= 15 is 0 Å². The molecule has 0 aliphatic carbocycles. The normalized spacial score (nSPS) is 15.8. The van der Waals surface area contributed by atoms with Gasteiger partial charge in [-0.15, -0.1) is 0 Å². The Labute approximate surface area is 171 Å². The van der Waals surface area contributed by atoms with E-state index in [0.717, 1.165) is 11.5 Å². The maximum Gasteiger partial charge on any atom is 0.230 e. The van der Waals surface area contributed by atoms with Crippen LogP contribution >= 0.6 is 11.5 Å². The molecule has 29 heavy (non-hydrogen) atoms. The van der Waals surface area contributed by atoms with Gasteiger partial charge in [0.15, 0.2) is 11.5 Å². The summed E-state index contributed by atoms with van der Waals surface area (Å²) >= 11 is 1.05. The van der Waals surface area contributed by atoms with Crippen LogP contribution in [0.4, 0.5) is 10.7 Å². The fraction of sp³-hybridized carbons (Fsp3) is 0.368. The van der Waals surface area contributed by atoms with E-state index in [-0.39, 0.29) is 24.8 Å². The average Bonchev–Trinajstić information content (AvgIpc) is 3.28. The van der Waals surface area contributed by atoms with Crippen molar-refractivity contribution >= 4 is 34.0 Å². The van der Waals surface area contributed by atoms with Gasteiger partial charge >= 0.3 is 0 Å². The second kappa shape index (κ2) is 8.36. The summed E-state index contributed by atoms with van der Waals surface area (Å²) in [5.74, 6) is 0.177. The minimum absolute atomic E-state index is 0.0577. The van der Waals surface area contributed by atoms with Gasteiger partial charge in [0.05, 0.1) is 38.6 Å². The van der Waals surface area contributed by atoms with Gasteiger partial charge in [0.2, 0.25) is 17.6 Å². The maximum absolute atomic E-state index is 12.7. The molecule has 1 N–H and O–H groups in total. The van der Waals surface area contributed by atoms with Crippen molar-refractivity contribution in [1.29, 1.82) is 5.26 Å². The van der Waals surface area contributed by atoms with Gasteiger partial charge in [-0.05, 0) is 18.5 Å². The van der Waals surface area contributed by atoms with E-state index in [1.54, 1.807) is 19.1 Å². The number of carbonyl (C=O) groups is 2. The number of carbonyl (C=O) groups excluding carboxylic acids is 2. The SMILES string of the molecule is COc1cc(N2C[C@H](C(=O)Nc3snc(C)c3C#N)CC2=O)cc(OC)c1OC. The van der Waals surface area contributed by atoms with Crippen LogP contribution in [0.25, 0.3) is 0 Å². The summed E-state index contributed by atoms with van der Waals surface area (Å²) in [5.41, 5.74) is 1.45. The summed E-state index contributed by atoms with van der Waals surface area (Å²) in [4.78, 5) is 26.8. The lowest BCUT2D eigenvalue weighted by molar-refractivity contribution is -0.122. The largest absolute Gasteiger partial charge is 0.493 e. The Balaban J connectivity index is 1.81. The quantitative estimate of drug-likeness (QED) is 0.769. The molecule has 152 valence electrons. The van der Waals surface area contributed by atoms with Gasteiger partial charge in [-0.1, -0.05) is 0 Å². The van der Waals surface area contributed by atoms with Crippen molar-refractivity contribution in [3.05, 3.63) is 23.4 Å². The lowest BCUT2D eigenvalue weighted by Crippen LogP contribution is -2.28. The number of hydrogen-bond acceptors (Lipinski definition) is 8. The first kappa shape index (κ1) is 20.4. The highest BCUT2D eigenvalue weighted by atomic mass is 32.1. The minimum atomic E-state index is -0.560. The van der Waals surface area contributed by atoms with Crippen molar-refractivity contribution in [2.75, 3.05) is 38.1 Å². The Bertz CT molecular complexity index is 972. The molecule has 10 heteroatoms. The van der Waals surface area contributed by atoms with Crippen LogP contribution in [-0.4, -0.2) is 44.1 Å². The molecule has 0 saturated carbocycles. The zero-order chi connectivity index (χ0) is 21.1. The van der Waals surface area contributed by atoms with Gasteiger partial charge in [0.25, 0.3) is 0 Å². The minimum Gasteiger partial charge on any atom is -0.493 e. The number of anilines is 2. The predicted octanol–water partition coefficient (Wildman–Crippen LogP) is 2.34. The number of nitriles is 1. The maximum atomic E-state index is 12.7. The van der Waals surface area contributed by atoms with Crippen molar-refractivity contribution in [1.82, 2.24) is 4.37 Å². The number of benzene rings is 1. The first-order valence-corrected chi connectivity index (χ1v) is 9.48. The number of rotatable bonds is 6. The Kier molecular flexibility index (Phi) is 5.89. The van der Waals surface area contributed by atoms with Crippen LogP contribution in [0.1, 0.15) is 17.7 Å². The molecule has 1 aromatic carbocycles. The van der Waals surface area contributed by atoms with Crippen molar-refractivity contribution < 1.29 is 23.8 Å². The lowest BCUT2D eigenvalue weighted by Gasteiger charge is -2.20. The van der Waals surface area contributed by atoms with Crippen molar-refractivity contribution in [2.24, 2.45) is 5.92 Å². The molecule has 2 amide bonds. The fourth-order valence-electron chi connectivity index (χ4n) is 3.16. The topological polar surface area (TPSA) is 114 Å². The van der Waals surface area contributed by atoms with Crippen LogP contribution in [-0.2, 0) is 9.59 Å². The number of aromatic nitrogens is 1. The lowest BCUT2D eigenvalue weighted by atomic mass is 10.1. The summed E-state index contributed by atoms with van der Waals surface area (Å²) in [5, 5.41) is 12.3. The summed E-state index contributed by atoms with van der Waals surface area (Å²) in [7, 11) is 4.48. The van der Waals surface area contributed by atoms with Gasteiger partial charge in [0.1, 0.15) is 16.6 Å². The third kappa shape index (κ3) is 3.82. The van der Waals surface area contributed by atoms with Gasteiger partial charge in [-0.3, -0.25) is 9.59 Å². The van der Waals surface area contributed by atoms with E-state index in [4.69, 9.17) is 14.2 Å². The van der Waals surface area contributed by atoms with Gasteiger partial charge in [-0.2, -0.15) is 9.64 Å². The second-order valence-corrected chi connectivity index (χ2v) is 7.14. The molecule has 0 radical (unpaired) electrons. The number of nitrogens with zero attached hydrogens (tertiary/aromatic N) is 3. The highest BCUT2D eigenvalue weighted by molar-refractivity contribution is 7.10. The monoisotopic (exact) mass is 416 g/mol. The predicted molar refractivity (Wildman–Crippen MR) is 107 cm³/mol. The van der Waals surface area contributed by atoms with E-state index in [0.29, 0.717) is 39.2 Å². The smallest absolute Gasteiger partial charge is 0.230 e. The van der Waals surface area contributed by atoms with Gasteiger partial charge < -0.3 is 24.4 Å². The van der Waals surface area contributed by atoms with E-state index in [9.17, 15) is 14.9 Å². The molecule has 0 spiro atoms. The Morgan fingerprint density at radius 3 is 2.48 bits per heavy atom. The van der Waals surface area contributed by atoms with Crippen LogP contribution in [0.2, 0.25) is 0 Å². The number of amides is 2. The molecule has 1 saturated heterocycles. The highest BCUT2D eigenvalue weighted by Crippen LogP contribution is 2.42. The number of methoxy groups -OCH3 is 3. The van der Waals surface area contributed by atoms with Crippen molar-refractivity contribution in [3.63, 3.8) is 0 Å². The van der Waals surface area contributed by atoms with Crippen LogP contribution in [0, 0.1) is 24.2 Å². The summed E-state index contributed by atoms with van der Waals surface area (Å²) in [6.45, 7) is 1.90. The van der Waals surface area contributed by atoms with E-state index in [1.807, 2.05) is 6.07 Å². The first-order chi connectivity index (χ1) is 13.9. The Morgan fingerprint density at radius 2 is 1.93 bits per heavy atom. The molecule has 2 heterocycles. The molecule has 0 unspecified atom stereocenters. The van der Waals surface area contributed by atoms with Gasteiger partial charge in [-0.25, -0.2) is 0 Å². The molecule has 1 atom stereocenters. The standard InChI is InChI=1S/C19H20N4O5S/c1-10-13(8-20)19(29-22-10)21-18(25)11-5-16(24)23(9-11)12-6-14(26-2)17(28-4)15(7-12)27-3/h6-7,11H,5,9H2,1-4H3,(H,21,25)/t11-/m1/s1. The molecule has 1 aromatic heterocycles. The average molecular weight is 416 g/mol. The molecule has 0 bridgehead atoms. The number of ether oxygens (including phenoxy) is 3. The van der Waals surface area contributed by atoms with Crippen LogP contribution < -0.4 is 24.4 Å². The number of hydrogen-bond donors (Lipinski definition) is 1. The first-order valence-electron chi connectivity index (χ1n) is 8.71. The zero-order valence-electron chi connectivity index (χ0n) is 16.4. The van der Waals surface area contributed by atoms with Crippen molar-refractivity contribution in [2.45, 2.75) is 13.3 Å². The fourth-order valence-corrected chi connectivity index (χ4v) is 3.91.